The van der Waals surface area contributed by atoms with Crippen molar-refractivity contribution in [3.63, 3.8) is 0 Å². The van der Waals surface area contributed by atoms with Crippen molar-refractivity contribution in [1.29, 1.82) is 0 Å². The Morgan fingerprint density at radius 3 is 2.27 bits per heavy atom. The highest BCUT2D eigenvalue weighted by molar-refractivity contribution is 6.24. The summed E-state index contributed by atoms with van der Waals surface area (Å²) in [6, 6.07) is 19.5. The van der Waals surface area contributed by atoms with Crippen LogP contribution in [0.15, 0.2) is 60.7 Å². The summed E-state index contributed by atoms with van der Waals surface area (Å²) in [5.41, 5.74) is 2.54. The van der Waals surface area contributed by atoms with Gasteiger partial charge in [-0.1, -0.05) is 60.7 Å². The number of methoxy groups -OCH3 is 1. The normalized spacial score (nSPS) is 12.7. The lowest BCUT2D eigenvalue weighted by Crippen LogP contribution is -2.36. The molecule has 0 aliphatic carbocycles. The zero-order valence-electron chi connectivity index (χ0n) is 13.0. The molecule has 0 fully saturated rings. The summed E-state index contributed by atoms with van der Waals surface area (Å²) in [5.74, 6) is -0.0976. The first-order valence-electron chi connectivity index (χ1n) is 7.32. The molecule has 0 saturated carbocycles. The Morgan fingerprint density at radius 2 is 1.68 bits per heavy atom. The van der Waals surface area contributed by atoms with Crippen LogP contribution in [0.1, 0.15) is 18.1 Å². The maximum absolute atomic E-state index is 12.6. The first kappa shape index (κ1) is 16.0. The molecule has 0 aromatic heterocycles. The number of nitrogens with one attached hydrogen (secondary N) is 1. The van der Waals surface area contributed by atoms with E-state index in [9.17, 15) is 4.79 Å². The van der Waals surface area contributed by atoms with Gasteiger partial charge in [0, 0.05) is 18.7 Å². The van der Waals surface area contributed by atoms with Crippen molar-refractivity contribution in [2.24, 2.45) is 0 Å². The molecule has 2 aromatic rings. The van der Waals surface area contributed by atoms with Crippen LogP contribution >= 0.6 is 0 Å². The van der Waals surface area contributed by atoms with Gasteiger partial charge in [0.05, 0.1) is 6.61 Å². The number of carbonyl (C=O) groups is 1. The molecule has 3 heteroatoms. The van der Waals surface area contributed by atoms with E-state index in [-0.39, 0.29) is 11.9 Å². The second-order valence-electron chi connectivity index (χ2n) is 5.16. The molecule has 22 heavy (non-hydrogen) atoms. The number of benzene rings is 2. The summed E-state index contributed by atoms with van der Waals surface area (Å²) in [6.45, 7) is 2.41. The van der Waals surface area contributed by atoms with E-state index < -0.39 is 0 Å². The predicted octanol–water partition coefficient (Wildman–Crippen LogP) is 3.38. The molecule has 0 aliphatic heterocycles. The van der Waals surface area contributed by atoms with E-state index in [0.29, 0.717) is 12.2 Å². The predicted molar refractivity (Wildman–Crippen MR) is 90.2 cm³/mol. The zero-order chi connectivity index (χ0) is 15.8. The molecule has 2 aromatic carbocycles. The number of carbonyl (C=O) groups excluding carboxylic acids is 1. The topological polar surface area (TPSA) is 38.3 Å². The van der Waals surface area contributed by atoms with Crippen molar-refractivity contribution < 1.29 is 9.53 Å². The van der Waals surface area contributed by atoms with Gasteiger partial charge in [0.15, 0.2) is 0 Å². The molecular weight excluding hydrogens is 274 g/mol. The largest absolute Gasteiger partial charge is 0.383 e. The van der Waals surface area contributed by atoms with Gasteiger partial charge < -0.3 is 10.1 Å². The van der Waals surface area contributed by atoms with Gasteiger partial charge in [0.2, 0.25) is 0 Å². The molecule has 1 unspecified atom stereocenters. The van der Waals surface area contributed by atoms with Crippen molar-refractivity contribution >= 4 is 17.6 Å². The second-order valence-corrected chi connectivity index (χ2v) is 5.16. The van der Waals surface area contributed by atoms with Crippen LogP contribution in [0.2, 0.25) is 0 Å². The number of hydrogen-bond donors (Lipinski definition) is 1. The highest BCUT2D eigenvalue weighted by Crippen LogP contribution is 2.18. The summed E-state index contributed by atoms with van der Waals surface area (Å²) in [6.07, 6.45) is 1.91. The molecular formula is C19H21NO2. The fraction of sp³-hybridized carbons (Fsp3) is 0.211. The Bertz CT molecular complexity index is 620. The maximum Gasteiger partial charge on any atom is 0.252 e. The van der Waals surface area contributed by atoms with Crippen molar-refractivity contribution in [2.75, 3.05) is 13.7 Å². The average Bonchev–Trinajstić information content (AvgIpc) is 2.54. The lowest BCUT2D eigenvalue weighted by molar-refractivity contribution is -0.116. The fourth-order valence-electron chi connectivity index (χ4n) is 2.21. The van der Waals surface area contributed by atoms with Crippen LogP contribution < -0.4 is 5.32 Å². The third-order valence-electron chi connectivity index (χ3n) is 3.23. The van der Waals surface area contributed by atoms with Gasteiger partial charge in [-0.3, -0.25) is 4.79 Å². The first-order chi connectivity index (χ1) is 10.7. The van der Waals surface area contributed by atoms with Gasteiger partial charge in [0.25, 0.3) is 5.91 Å². The van der Waals surface area contributed by atoms with E-state index in [4.69, 9.17) is 4.74 Å². The molecule has 0 heterocycles. The lowest BCUT2D eigenvalue weighted by Gasteiger charge is -2.15. The Kier molecular flexibility index (Phi) is 5.92. The Balaban J connectivity index is 2.30. The standard InChI is InChI=1S/C19H21NO2/c1-15(14-22-2)20-19(21)18(17-11-7-4-8-12-17)13-16-9-5-3-6-10-16/h3-13,15H,14H2,1-2H3,(H,20,21)/b18-13+. The van der Waals surface area contributed by atoms with Crippen molar-refractivity contribution in [3.8, 4) is 0 Å². The maximum atomic E-state index is 12.6. The average molecular weight is 295 g/mol. The first-order valence-corrected chi connectivity index (χ1v) is 7.32. The minimum Gasteiger partial charge on any atom is -0.383 e. The van der Waals surface area contributed by atoms with E-state index in [0.717, 1.165) is 11.1 Å². The molecule has 0 aliphatic rings. The van der Waals surface area contributed by atoms with Gasteiger partial charge in [-0.05, 0) is 24.1 Å². The van der Waals surface area contributed by atoms with Gasteiger partial charge in [-0.15, -0.1) is 0 Å². The van der Waals surface area contributed by atoms with Crippen LogP contribution in [-0.4, -0.2) is 25.7 Å². The molecule has 1 N–H and O–H groups in total. The fourth-order valence-corrected chi connectivity index (χ4v) is 2.21. The van der Waals surface area contributed by atoms with Crippen LogP contribution in [0.25, 0.3) is 11.6 Å². The second kappa shape index (κ2) is 8.15. The van der Waals surface area contributed by atoms with Gasteiger partial charge >= 0.3 is 0 Å². The smallest absolute Gasteiger partial charge is 0.252 e. The minimum absolute atomic E-state index is 0.0413. The van der Waals surface area contributed by atoms with Crippen molar-refractivity contribution in [3.05, 3.63) is 71.8 Å². The van der Waals surface area contributed by atoms with Crippen LogP contribution in [0.5, 0.6) is 0 Å². The van der Waals surface area contributed by atoms with E-state index in [1.165, 1.54) is 0 Å². The molecule has 3 nitrogen and oxygen atoms in total. The van der Waals surface area contributed by atoms with E-state index in [2.05, 4.69) is 5.32 Å². The van der Waals surface area contributed by atoms with Gasteiger partial charge in [-0.25, -0.2) is 0 Å². The minimum atomic E-state index is -0.0976. The van der Waals surface area contributed by atoms with Crippen LogP contribution in [-0.2, 0) is 9.53 Å². The molecule has 2 rings (SSSR count). The van der Waals surface area contributed by atoms with Gasteiger partial charge in [-0.2, -0.15) is 0 Å². The van der Waals surface area contributed by atoms with Crippen molar-refractivity contribution in [2.45, 2.75) is 13.0 Å². The summed E-state index contributed by atoms with van der Waals surface area (Å²) in [7, 11) is 1.63. The van der Waals surface area contributed by atoms with E-state index >= 15 is 0 Å². The van der Waals surface area contributed by atoms with E-state index in [1.54, 1.807) is 7.11 Å². The molecule has 1 amide bonds. The lowest BCUT2D eigenvalue weighted by atomic mass is 10.0. The highest BCUT2D eigenvalue weighted by Gasteiger charge is 2.14. The third kappa shape index (κ3) is 4.57. The molecule has 0 spiro atoms. The Labute approximate surface area is 131 Å². The van der Waals surface area contributed by atoms with Crippen LogP contribution in [0.3, 0.4) is 0 Å². The molecule has 0 bridgehead atoms. The molecule has 0 radical (unpaired) electrons. The van der Waals surface area contributed by atoms with Crippen molar-refractivity contribution in [1.82, 2.24) is 5.32 Å². The monoisotopic (exact) mass is 295 g/mol. The zero-order valence-corrected chi connectivity index (χ0v) is 13.0. The van der Waals surface area contributed by atoms with Crippen LogP contribution in [0, 0.1) is 0 Å². The third-order valence-corrected chi connectivity index (χ3v) is 3.23. The summed E-state index contributed by atoms with van der Waals surface area (Å²) >= 11 is 0. The Hall–Kier alpha value is -2.39. The summed E-state index contributed by atoms with van der Waals surface area (Å²) in [4.78, 5) is 12.6. The number of rotatable bonds is 6. The summed E-state index contributed by atoms with van der Waals surface area (Å²) in [5, 5.41) is 2.97. The quantitative estimate of drug-likeness (QED) is 0.655. The number of amides is 1. The Morgan fingerprint density at radius 1 is 1.09 bits per heavy atom. The number of hydrogen-bond acceptors (Lipinski definition) is 2. The van der Waals surface area contributed by atoms with E-state index in [1.807, 2.05) is 73.7 Å². The highest BCUT2D eigenvalue weighted by atomic mass is 16.5. The summed E-state index contributed by atoms with van der Waals surface area (Å²) < 4.78 is 5.07. The van der Waals surface area contributed by atoms with Gasteiger partial charge in [0.1, 0.15) is 0 Å². The number of ether oxygens (including phenoxy) is 1. The SMILES string of the molecule is COCC(C)NC(=O)/C(=C/c1ccccc1)c1ccccc1. The molecule has 1 atom stereocenters. The molecule has 0 saturated heterocycles. The molecule has 114 valence electrons. The van der Waals surface area contributed by atoms with Crippen LogP contribution in [0.4, 0.5) is 0 Å².